The number of nitrogens with one attached hydrogen (secondary N) is 2. The number of carbonyl (C=O) groups is 2. The Morgan fingerprint density at radius 3 is 2.15 bits per heavy atom. The van der Waals surface area contributed by atoms with E-state index < -0.39 is 17.6 Å². The van der Waals surface area contributed by atoms with E-state index in [9.17, 15) is 14.0 Å². The molecule has 3 aromatic rings. The molecule has 0 spiro atoms. The zero-order valence-electron chi connectivity index (χ0n) is 14.2. The maximum absolute atomic E-state index is 13.8. The Morgan fingerprint density at radius 1 is 0.778 bits per heavy atom. The summed E-state index contributed by atoms with van der Waals surface area (Å²) in [5.41, 5.74) is 3.63. The van der Waals surface area contributed by atoms with E-state index in [1.54, 1.807) is 30.3 Å². The lowest BCUT2D eigenvalue weighted by Gasteiger charge is -2.10. The van der Waals surface area contributed by atoms with E-state index in [-0.39, 0.29) is 16.8 Å². The smallest absolute Gasteiger partial charge is 0.273 e. The molecule has 3 aromatic carbocycles. The Balaban J connectivity index is 1.73. The van der Waals surface area contributed by atoms with Crippen LogP contribution in [-0.2, 0) is 0 Å². The van der Waals surface area contributed by atoms with Gasteiger partial charge in [0.05, 0.1) is 23.0 Å². The van der Waals surface area contributed by atoms with Gasteiger partial charge in [0.25, 0.3) is 11.8 Å². The molecule has 0 saturated heterocycles. The predicted octanol–water partition coefficient (Wildman–Crippen LogP) is 3.84. The molecule has 6 heteroatoms. The lowest BCUT2D eigenvalue weighted by Crippen LogP contribution is -2.21. The van der Waals surface area contributed by atoms with E-state index in [4.69, 9.17) is 0 Å². The summed E-state index contributed by atoms with van der Waals surface area (Å²) in [6, 6.07) is 21.4. The number of nitrogens with zero attached hydrogens (tertiary/aromatic N) is 1. The molecule has 0 aliphatic heterocycles. The first-order valence-corrected chi connectivity index (χ1v) is 8.18. The zero-order chi connectivity index (χ0) is 19.1. The van der Waals surface area contributed by atoms with Gasteiger partial charge in [-0.1, -0.05) is 54.6 Å². The molecule has 27 heavy (non-hydrogen) atoms. The fourth-order valence-corrected chi connectivity index (χ4v) is 2.39. The lowest BCUT2D eigenvalue weighted by atomic mass is 10.1. The minimum Gasteiger partial charge on any atom is -0.321 e. The summed E-state index contributed by atoms with van der Waals surface area (Å²) >= 11 is 0. The van der Waals surface area contributed by atoms with Crippen molar-refractivity contribution < 1.29 is 14.0 Å². The number of halogens is 1. The number of para-hydroxylation sites is 1. The molecule has 0 aliphatic carbocycles. The number of hydrogen-bond donors (Lipinski definition) is 2. The summed E-state index contributed by atoms with van der Waals surface area (Å²) in [6.07, 6.45) is 1.51. The van der Waals surface area contributed by atoms with Gasteiger partial charge in [0.1, 0.15) is 5.82 Å². The van der Waals surface area contributed by atoms with Gasteiger partial charge in [0.15, 0.2) is 0 Å². The van der Waals surface area contributed by atoms with E-state index in [1.165, 1.54) is 24.4 Å². The average Bonchev–Trinajstić information content (AvgIpc) is 2.69. The first-order chi connectivity index (χ1) is 13.1. The Morgan fingerprint density at radius 2 is 1.41 bits per heavy atom. The molecule has 0 aliphatic rings. The van der Waals surface area contributed by atoms with Crippen molar-refractivity contribution in [1.29, 1.82) is 0 Å². The fourth-order valence-electron chi connectivity index (χ4n) is 2.39. The molecule has 0 fully saturated rings. The maximum atomic E-state index is 13.8. The second-order valence-corrected chi connectivity index (χ2v) is 5.59. The monoisotopic (exact) mass is 361 g/mol. The number of hydrogen-bond acceptors (Lipinski definition) is 3. The SMILES string of the molecule is O=C(Nc1ccccc1C(=O)N/N=C/c1ccccc1)c1ccccc1F. The molecule has 0 heterocycles. The third-order valence-corrected chi connectivity index (χ3v) is 3.72. The van der Waals surface area contributed by atoms with Crippen molar-refractivity contribution in [2.75, 3.05) is 5.32 Å². The average molecular weight is 361 g/mol. The number of rotatable bonds is 5. The highest BCUT2D eigenvalue weighted by molar-refractivity contribution is 6.09. The first kappa shape index (κ1) is 18.0. The van der Waals surface area contributed by atoms with Crippen molar-refractivity contribution >= 4 is 23.7 Å². The van der Waals surface area contributed by atoms with Crippen LogP contribution in [0.25, 0.3) is 0 Å². The summed E-state index contributed by atoms with van der Waals surface area (Å²) in [6.45, 7) is 0. The number of hydrazone groups is 1. The van der Waals surface area contributed by atoms with Crippen molar-refractivity contribution in [1.82, 2.24) is 5.43 Å². The number of amides is 2. The van der Waals surface area contributed by atoms with Crippen LogP contribution in [0.3, 0.4) is 0 Å². The normalized spacial score (nSPS) is 10.6. The number of benzene rings is 3. The largest absolute Gasteiger partial charge is 0.321 e. The molecule has 0 aromatic heterocycles. The predicted molar refractivity (Wildman–Crippen MR) is 102 cm³/mol. The Hall–Kier alpha value is -3.80. The Bertz CT molecular complexity index is 987. The van der Waals surface area contributed by atoms with Gasteiger partial charge in [-0.2, -0.15) is 5.10 Å². The van der Waals surface area contributed by atoms with E-state index in [2.05, 4.69) is 15.8 Å². The molecule has 0 bridgehead atoms. The third kappa shape index (κ3) is 4.64. The lowest BCUT2D eigenvalue weighted by molar-refractivity contribution is 0.0956. The fraction of sp³-hybridized carbons (Fsp3) is 0. The summed E-state index contributed by atoms with van der Waals surface area (Å²) in [7, 11) is 0. The highest BCUT2D eigenvalue weighted by Crippen LogP contribution is 2.17. The van der Waals surface area contributed by atoms with Crippen molar-refractivity contribution in [3.8, 4) is 0 Å². The third-order valence-electron chi connectivity index (χ3n) is 3.72. The van der Waals surface area contributed by atoms with Crippen molar-refractivity contribution in [3.05, 3.63) is 101 Å². The van der Waals surface area contributed by atoms with E-state index in [1.807, 2.05) is 30.3 Å². The standard InChI is InChI=1S/C21H16FN3O2/c22-18-12-6-4-10-16(18)20(26)24-19-13-7-5-11-17(19)21(27)25-23-14-15-8-2-1-3-9-15/h1-14H,(H,24,26)(H,25,27)/b23-14+. The second-order valence-electron chi connectivity index (χ2n) is 5.59. The van der Waals surface area contributed by atoms with Gasteiger partial charge in [0.2, 0.25) is 0 Å². The van der Waals surface area contributed by atoms with E-state index in [0.717, 1.165) is 5.56 Å². The maximum Gasteiger partial charge on any atom is 0.273 e. The van der Waals surface area contributed by atoms with Crippen LogP contribution in [0, 0.1) is 5.82 Å². The molecule has 2 amide bonds. The van der Waals surface area contributed by atoms with Gasteiger partial charge in [-0.3, -0.25) is 9.59 Å². The molecular formula is C21H16FN3O2. The molecule has 5 nitrogen and oxygen atoms in total. The van der Waals surface area contributed by atoms with Crippen molar-refractivity contribution in [2.45, 2.75) is 0 Å². The van der Waals surface area contributed by atoms with Crippen LogP contribution in [0.15, 0.2) is 84.0 Å². The van der Waals surface area contributed by atoms with Crippen LogP contribution >= 0.6 is 0 Å². The zero-order valence-corrected chi connectivity index (χ0v) is 14.2. The summed E-state index contributed by atoms with van der Waals surface area (Å²) in [5.74, 6) is -1.77. The van der Waals surface area contributed by atoms with Crippen LogP contribution in [0.2, 0.25) is 0 Å². The highest BCUT2D eigenvalue weighted by atomic mass is 19.1. The molecule has 3 rings (SSSR count). The molecular weight excluding hydrogens is 345 g/mol. The van der Waals surface area contributed by atoms with E-state index >= 15 is 0 Å². The molecule has 134 valence electrons. The summed E-state index contributed by atoms with van der Waals surface area (Å²) in [4.78, 5) is 24.7. The van der Waals surface area contributed by atoms with Crippen molar-refractivity contribution in [3.63, 3.8) is 0 Å². The van der Waals surface area contributed by atoms with Crippen LogP contribution in [0.4, 0.5) is 10.1 Å². The van der Waals surface area contributed by atoms with Crippen LogP contribution in [-0.4, -0.2) is 18.0 Å². The first-order valence-electron chi connectivity index (χ1n) is 8.18. The second kappa shape index (κ2) is 8.53. The van der Waals surface area contributed by atoms with Gasteiger partial charge in [-0.25, -0.2) is 9.82 Å². The minimum absolute atomic E-state index is 0.102. The summed E-state index contributed by atoms with van der Waals surface area (Å²) in [5, 5.41) is 6.48. The van der Waals surface area contributed by atoms with Crippen LogP contribution in [0.1, 0.15) is 26.3 Å². The molecule has 0 radical (unpaired) electrons. The molecule has 0 unspecified atom stereocenters. The van der Waals surface area contributed by atoms with Gasteiger partial charge < -0.3 is 5.32 Å². The van der Waals surface area contributed by atoms with Crippen LogP contribution < -0.4 is 10.7 Å². The van der Waals surface area contributed by atoms with Crippen molar-refractivity contribution in [2.24, 2.45) is 5.10 Å². The van der Waals surface area contributed by atoms with Gasteiger partial charge >= 0.3 is 0 Å². The minimum atomic E-state index is -0.638. The van der Waals surface area contributed by atoms with Gasteiger partial charge in [-0.05, 0) is 29.8 Å². The quantitative estimate of drug-likeness (QED) is 0.535. The van der Waals surface area contributed by atoms with Gasteiger partial charge in [0, 0.05) is 0 Å². The Labute approximate surface area is 155 Å². The molecule has 2 N–H and O–H groups in total. The number of anilines is 1. The topological polar surface area (TPSA) is 70.6 Å². The highest BCUT2D eigenvalue weighted by Gasteiger charge is 2.15. The number of carbonyl (C=O) groups excluding carboxylic acids is 2. The van der Waals surface area contributed by atoms with Crippen LogP contribution in [0.5, 0.6) is 0 Å². The Kier molecular flexibility index (Phi) is 5.69. The van der Waals surface area contributed by atoms with E-state index in [0.29, 0.717) is 0 Å². The summed E-state index contributed by atoms with van der Waals surface area (Å²) < 4.78 is 13.8. The molecule has 0 atom stereocenters. The molecule has 0 saturated carbocycles. The van der Waals surface area contributed by atoms with Gasteiger partial charge in [-0.15, -0.1) is 0 Å².